The highest BCUT2D eigenvalue weighted by atomic mass is 28.4. The fraction of sp³-hybridized carbons (Fsp3) is 0.379. The summed E-state index contributed by atoms with van der Waals surface area (Å²) in [5.41, 5.74) is -0.563. The maximum absolute atomic E-state index is 11.4. The fourth-order valence-electron chi connectivity index (χ4n) is 5.54. The molecule has 7 heteroatoms. The van der Waals surface area contributed by atoms with Crippen LogP contribution in [0.4, 0.5) is 0 Å². The van der Waals surface area contributed by atoms with Gasteiger partial charge in [0, 0.05) is 12.5 Å². The minimum absolute atomic E-state index is 0.0252. The van der Waals surface area contributed by atoms with E-state index in [4.69, 9.17) is 18.6 Å². The van der Waals surface area contributed by atoms with E-state index in [1.807, 2.05) is 54.6 Å². The van der Waals surface area contributed by atoms with Crippen molar-refractivity contribution < 1.29 is 28.8 Å². The number of aliphatic hydroxyl groups is 2. The second-order valence-corrected chi connectivity index (χ2v) is 15.0. The largest absolute Gasteiger partial charge is 0.454 e. The van der Waals surface area contributed by atoms with Gasteiger partial charge in [-0.2, -0.15) is 0 Å². The zero-order valence-electron chi connectivity index (χ0n) is 21.0. The van der Waals surface area contributed by atoms with E-state index in [9.17, 15) is 10.2 Å². The Balaban J connectivity index is 1.55. The van der Waals surface area contributed by atoms with Gasteiger partial charge in [-0.05, 0) is 33.1 Å². The Morgan fingerprint density at radius 2 is 1.53 bits per heavy atom. The summed E-state index contributed by atoms with van der Waals surface area (Å²) < 4.78 is 24.3. The lowest BCUT2D eigenvalue weighted by Gasteiger charge is -2.44. The molecular formula is C29H34O6Si. The average Bonchev–Trinajstić information content (AvgIpc) is 3.49. The third-order valence-electron chi connectivity index (χ3n) is 7.46. The van der Waals surface area contributed by atoms with E-state index in [1.54, 1.807) is 0 Å². The summed E-state index contributed by atoms with van der Waals surface area (Å²) >= 11 is 0. The second-order valence-electron chi connectivity index (χ2n) is 10.7. The maximum Gasteiger partial charge on any atom is 0.261 e. The van der Waals surface area contributed by atoms with Gasteiger partial charge in [-0.15, -0.1) is 0 Å². The van der Waals surface area contributed by atoms with Crippen molar-refractivity contribution in [3.63, 3.8) is 0 Å². The Bertz CT molecular complexity index is 1140. The van der Waals surface area contributed by atoms with E-state index in [0.29, 0.717) is 11.5 Å². The minimum atomic E-state index is -2.83. The van der Waals surface area contributed by atoms with Crippen molar-refractivity contribution in [2.45, 2.75) is 37.5 Å². The van der Waals surface area contributed by atoms with Crippen molar-refractivity contribution in [3.8, 4) is 11.5 Å². The summed E-state index contributed by atoms with van der Waals surface area (Å²) in [5.74, 6) is 0.862. The molecule has 5 rings (SSSR count). The van der Waals surface area contributed by atoms with Crippen LogP contribution in [0.1, 0.15) is 32.4 Å². The van der Waals surface area contributed by atoms with Crippen LogP contribution >= 0.6 is 0 Å². The maximum atomic E-state index is 11.4. The predicted octanol–water partition coefficient (Wildman–Crippen LogP) is 3.40. The van der Waals surface area contributed by atoms with Crippen LogP contribution < -0.4 is 19.8 Å². The minimum Gasteiger partial charge on any atom is -0.454 e. The fourth-order valence-corrected chi connectivity index (χ4v) is 10.1. The van der Waals surface area contributed by atoms with Crippen molar-refractivity contribution in [1.82, 2.24) is 0 Å². The van der Waals surface area contributed by atoms with Crippen LogP contribution in [0.15, 0.2) is 78.9 Å². The molecule has 2 N–H and O–H groups in total. The Morgan fingerprint density at radius 3 is 2.11 bits per heavy atom. The lowest BCUT2D eigenvalue weighted by atomic mass is 9.85. The van der Waals surface area contributed by atoms with Gasteiger partial charge >= 0.3 is 0 Å². The molecule has 3 atom stereocenters. The van der Waals surface area contributed by atoms with Crippen molar-refractivity contribution in [2.24, 2.45) is 5.92 Å². The molecule has 0 aliphatic carbocycles. The summed E-state index contributed by atoms with van der Waals surface area (Å²) in [6.45, 7) is 6.68. The smallest absolute Gasteiger partial charge is 0.261 e. The van der Waals surface area contributed by atoms with Gasteiger partial charge < -0.3 is 28.8 Å². The highest BCUT2D eigenvalue weighted by Crippen LogP contribution is 2.45. The van der Waals surface area contributed by atoms with E-state index in [2.05, 4.69) is 45.0 Å². The average molecular weight is 507 g/mol. The van der Waals surface area contributed by atoms with Crippen LogP contribution in [0.3, 0.4) is 0 Å². The number of hydrogen-bond acceptors (Lipinski definition) is 6. The van der Waals surface area contributed by atoms with Crippen molar-refractivity contribution in [2.75, 3.05) is 26.6 Å². The van der Waals surface area contributed by atoms with Crippen molar-refractivity contribution >= 4 is 18.7 Å². The summed E-state index contributed by atoms with van der Waals surface area (Å²) in [4.78, 5) is 0. The zero-order chi connectivity index (χ0) is 25.4. The van der Waals surface area contributed by atoms with Gasteiger partial charge in [0.25, 0.3) is 8.32 Å². The molecular weight excluding hydrogens is 472 g/mol. The lowest BCUT2D eigenvalue weighted by molar-refractivity contribution is -0.0545. The Kier molecular flexibility index (Phi) is 6.70. The Labute approximate surface area is 213 Å². The molecule has 2 aliphatic heterocycles. The van der Waals surface area contributed by atoms with Crippen LogP contribution in [-0.2, 0) is 9.16 Å². The van der Waals surface area contributed by atoms with Gasteiger partial charge in [0.1, 0.15) is 5.60 Å². The van der Waals surface area contributed by atoms with Crippen LogP contribution in [0.25, 0.3) is 0 Å². The van der Waals surface area contributed by atoms with Crippen LogP contribution in [0.5, 0.6) is 11.5 Å². The second kappa shape index (κ2) is 9.65. The number of rotatable bonds is 7. The lowest BCUT2D eigenvalue weighted by Crippen LogP contribution is -2.67. The molecule has 0 aromatic heterocycles. The molecule has 0 amide bonds. The molecule has 0 unspecified atom stereocenters. The molecule has 0 saturated carbocycles. The molecule has 0 bridgehead atoms. The normalized spacial score (nSPS) is 23.7. The first kappa shape index (κ1) is 25.0. The van der Waals surface area contributed by atoms with E-state index in [-0.39, 0.29) is 25.0 Å². The highest BCUT2D eigenvalue weighted by molar-refractivity contribution is 6.99. The van der Waals surface area contributed by atoms with Crippen LogP contribution in [-0.4, -0.2) is 50.7 Å². The van der Waals surface area contributed by atoms with Crippen molar-refractivity contribution in [1.29, 1.82) is 0 Å². The third kappa shape index (κ3) is 4.25. The van der Waals surface area contributed by atoms with Gasteiger partial charge in [-0.25, -0.2) is 0 Å². The molecule has 0 radical (unpaired) electrons. The topological polar surface area (TPSA) is 77.4 Å². The van der Waals surface area contributed by atoms with Crippen molar-refractivity contribution in [3.05, 3.63) is 84.4 Å². The van der Waals surface area contributed by atoms with Crippen LogP contribution in [0, 0.1) is 5.92 Å². The molecule has 0 spiro atoms. The van der Waals surface area contributed by atoms with Gasteiger partial charge in [0.05, 0.1) is 19.3 Å². The summed E-state index contributed by atoms with van der Waals surface area (Å²) in [6.07, 6.45) is -0.463. The zero-order valence-corrected chi connectivity index (χ0v) is 22.0. The van der Waals surface area contributed by atoms with Gasteiger partial charge in [-0.1, -0.05) is 87.5 Å². The molecule has 190 valence electrons. The molecule has 3 aromatic carbocycles. The van der Waals surface area contributed by atoms with E-state index in [1.165, 1.54) is 0 Å². The number of aliphatic hydroxyl groups excluding tert-OH is 1. The molecule has 1 saturated heterocycles. The van der Waals surface area contributed by atoms with Gasteiger partial charge in [0.15, 0.2) is 11.5 Å². The summed E-state index contributed by atoms with van der Waals surface area (Å²) in [6, 6.07) is 26.5. The molecule has 2 aliphatic rings. The molecule has 3 aromatic rings. The Hall–Kier alpha value is -2.68. The third-order valence-corrected chi connectivity index (χ3v) is 12.5. The number of fused-ring (bicyclic) bond motifs is 1. The summed E-state index contributed by atoms with van der Waals surface area (Å²) in [7, 11) is -2.83. The number of ether oxygens (including phenoxy) is 3. The quantitative estimate of drug-likeness (QED) is 0.479. The summed E-state index contributed by atoms with van der Waals surface area (Å²) in [5, 5.41) is 23.8. The number of hydrogen-bond donors (Lipinski definition) is 2. The van der Waals surface area contributed by atoms with Crippen LogP contribution in [0.2, 0.25) is 5.04 Å². The first-order chi connectivity index (χ1) is 17.3. The monoisotopic (exact) mass is 506 g/mol. The molecule has 6 nitrogen and oxygen atoms in total. The molecule has 2 heterocycles. The standard InChI is InChI=1S/C29H34O6Si/c1-28(2,3)36(22-10-6-4-7-11-22,23-12-8-5-9-13-23)35-17-24-27(32-19-29(24,31)18-30)21-14-15-25-26(16-21)34-20-33-25/h4-16,24,27,30-31H,17-20H2,1-3H3/t24-,27-,29-/m1/s1. The first-order valence-corrected chi connectivity index (χ1v) is 14.3. The van der Waals surface area contributed by atoms with Gasteiger partial charge in [0.2, 0.25) is 6.79 Å². The SMILES string of the molecule is CC(C)(C)[Si](OC[C@@H]1[C@@H](c2ccc3c(c2)OCO3)OC[C@]1(O)CO)(c1ccccc1)c1ccccc1. The predicted molar refractivity (Wildman–Crippen MR) is 140 cm³/mol. The van der Waals surface area contributed by atoms with E-state index >= 15 is 0 Å². The number of benzene rings is 3. The Morgan fingerprint density at radius 1 is 0.917 bits per heavy atom. The van der Waals surface area contributed by atoms with E-state index < -0.39 is 32.5 Å². The first-order valence-electron chi connectivity index (χ1n) is 12.4. The molecule has 36 heavy (non-hydrogen) atoms. The van der Waals surface area contributed by atoms with Gasteiger partial charge in [-0.3, -0.25) is 0 Å². The highest BCUT2D eigenvalue weighted by Gasteiger charge is 2.54. The van der Waals surface area contributed by atoms with E-state index in [0.717, 1.165) is 15.9 Å². The molecule has 1 fully saturated rings.